The van der Waals surface area contributed by atoms with Crippen molar-refractivity contribution in [2.24, 2.45) is 0 Å². The summed E-state index contributed by atoms with van der Waals surface area (Å²) in [5, 5.41) is 2.50. The van der Waals surface area contributed by atoms with Gasteiger partial charge in [-0.15, -0.1) is 0 Å². The number of hydrogen-bond donors (Lipinski definition) is 1. The number of hydrogen-bond acceptors (Lipinski definition) is 5. The van der Waals surface area contributed by atoms with Crippen LogP contribution in [0, 0.1) is 0 Å². The van der Waals surface area contributed by atoms with Crippen molar-refractivity contribution >= 4 is 11.7 Å². The maximum absolute atomic E-state index is 11.9. The number of alkyl halides is 3. The predicted octanol–water partition coefficient (Wildman–Crippen LogP) is 1.03. The van der Waals surface area contributed by atoms with Crippen LogP contribution in [0.4, 0.5) is 19.0 Å². The van der Waals surface area contributed by atoms with E-state index in [4.69, 9.17) is 0 Å². The maximum atomic E-state index is 11.9. The van der Waals surface area contributed by atoms with E-state index in [1.165, 1.54) is 0 Å². The highest BCUT2D eigenvalue weighted by atomic mass is 19.4. The average molecular weight is 346 g/mol. The van der Waals surface area contributed by atoms with Gasteiger partial charge < -0.3 is 19.9 Å². The van der Waals surface area contributed by atoms with E-state index in [0.717, 1.165) is 37.6 Å². The van der Waals surface area contributed by atoms with Gasteiger partial charge in [0.25, 0.3) is 0 Å². The maximum Gasteiger partial charge on any atom is 0.411 e. The summed E-state index contributed by atoms with van der Waals surface area (Å²) in [7, 11) is 2.08. The summed E-state index contributed by atoms with van der Waals surface area (Å²) in [5.41, 5.74) is 0.775. The van der Waals surface area contributed by atoms with Crippen LogP contribution in [0.3, 0.4) is 0 Å². The molecule has 9 heteroatoms. The third-order valence-corrected chi connectivity index (χ3v) is 3.62. The number of nitrogens with one attached hydrogen (secondary N) is 1. The van der Waals surface area contributed by atoms with E-state index in [2.05, 4.69) is 31.9 Å². The van der Waals surface area contributed by atoms with E-state index >= 15 is 0 Å². The molecular weight excluding hydrogens is 325 g/mol. The standard InChI is InChI=1S/C15H21F3N4O2/c1-21-4-6-22(7-5-21)13-3-2-12(8-19-13)9-20-14(23)10-24-11-15(16,17)18/h2-3,8H,4-7,9-11H2,1H3,(H,20,23). The van der Waals surface area contributed by atoms with Crippen molar-refractivity contribution in [2.45, 2.75) is 12.7 Å². The lowest BCUT2D eigenvalue weighted by Crippen LogP contribution is -2.44. The Labute approximate surface area is 138 Å². The summed E-state index contributed by atoms with van der Waals surface area (Å²) in [6.07, 6.45) is -2.77. The first kappa shape index (κ1) is 18.5. The average Bonchev–Trinajstić information content (AvgIpc) is 2.53. The Bertz CT molecular complexity index is 529. The van der Waals surface area contributed by atoms with E-state index in [9.17, 15) is 18.0 Å². The third-order valence-electron chi connectivity index (χ3n) is 3.62. The van der Waals surface area contributed by atoms with Crippen LogP contribution in [0.2, 0.25) is 0 Å². The summed E-state index contributed by atoms with van der Waals surface area (Å²) >= 11 is 0. The second-order valence-electron chi connectivity index (χ2n) is 5.70. The molecule has 1 aromatic heterocycles. The van der Waals surface area contributed by atoms with Gasteiger partial charge in [-0.2, -0.15) is 13.2 Å². The summed E-state index contributed by atoms with van der Waals surface area (Å²) in [4.78, 5) is 20.2. The van der Waals surface area contributed by atoms with Gasteiger partial charge in [0.15, 0.2) is 0 Å². The zero-order chi connectivity index (χ0) is 17.6. The van der Waals surface area contributed by atoms with Crippen molar-refractivity contribution in [3.8, 4) is 0 Å². The van der Waals surface area contributed by atoms with Crippen molar-refractivity contribution in [1.29, 1.82) is 0 Å². The van der Waals surface area contributed by atoms with Gasteiger partial charge in [-0.25, -0.2) is 4.98 Å². The third kappa shape index (κ3) is 6.32. The van der Waals surface area contributed by atoms with Crippen LogP contribution in [0.5, 0.6) is 0 Å². The molecule has 1 aromatic rings. The summed E-state index contributed by atoms with van der Waals surface area (Å²) < 4.78 is 40.0. The Hall–Kier alpha value is -1.87. The number of nitrogens with zero attached hydrogens (tertiary/aromatic N) is 3. The molecular formula is C15H21F3N4O2. The number of carbonyl (C=O) groups is 1. The molecule has 1 fully saturated rings. The fourth-order valence-electron chi connectivity index (χ4n) is 2.25. The molecule has 0 radical (unpaired) electrons. The molecule has 0 spiro atoms. The second-order valence-corrected chi connectivity index (χ2v) is 5.70. The zero-order valence-corrected chi connectivity index (χ0v) is 13.5. The van der Waals surface area contributed by atoms with Crippen LogP contribution in [0.1, 0.15) is 5.56 Å². The van der Waals surface area contributed by atoms with Crippen LogP contribution in [0.25, 0.3) is 0 Å². The number of carbonyl (C=O) groups excluding carboxylic acids is 1. The van der Waals surface area contributed by atoms with Gasteiger partial charge in [-0.1, -0.05) is 6.07 Å². The first-order valence-corrected chi connectivity index (χ1v) is 7.63. The largest absolute Gasteiger partial charge is 0.411 e. The zero-order valence-electron chi connectivity index (χ0n) is 13.5. The van der Waals surface area contributed by atoms with Crippen molar-refractivity contribution in [3.63, 3.8) is 0 Å². The number of aromatic nitrogens is 1. The lowest BCUT2D eigenvalue weighted by Gasteiger charge is -2.33. The molecule has 0 bridgehead atoms. The van der Waals surface area contributed by atoms with E-state index < -0.39 is 25.3 Å². The molecule has 1 saturated heterocycles. The lowest BCUT2D eigenvalue weighted by molar-refractivity contribution is -0.175. The summed E-state index contributed by atoms with van der Waals surface area (Å²) in [6, 6.07) is 3.73. The highest BCUT2D eigenvalue weighted by Gasteiger charge is 2.27. The number of halogens is 3. The van der Waals surface area contributed by atoms with Gasteiger partial charge in [-0.05, 0) is 18.7 Å². The van der Waals surface area contributed by atoms with Crippen LogP contribution >= 0.6 is 0 Å². The highest BCUT2D eigenvalue weighted by Crippen LogP contribution is 2.14. The number of pyridine rings is 1. The molecule has 2 heterocycles. The first-order valence-electron chi connectivity index (χ1n) is 7.63. The van der Waals surface area contributed by atoms with Crippen LogP contribution in [-0.2, 0) is 16.1 Å². The number of anilines is 1. The van der Waals surface area contributed by atoms with Crippen molar-refractivity contribution in [1.82, 2.24) is 15.2 Å². The molecule has 134 valence electrons. The number of ether oxygens (including phenoxy) is 1. The minimum Gasteiger partial charge on any atom is -0.362 e. The van der Waals surface area contributed by atoms with Gasteiger partial charge in [0, 0.05) is 38.9 Å². The monoisotopic (exact) mass is 346 g/mol. The lowest BCUT2D eigenvalue weighted by atomic mass is 10.2. The van der Waals surface area contributed by atoms with Crippen molar-refractivity contribution in [3.05, 3.63) is 23.9 Å². The number of rotatable bonds is 6. The molecule has 0 aliphatic carbocycles. The summed E-state index contributed by atoms with van der Waals surface area (Å²) in [6.45, 7) is 1.94. The van der Waals surface area contributed by atoms with Crippen molar-refractivity contribution in [2.75, 3.05) is 51.3 Å². The molecule has 2 rings (SSSR count). The minimum atomic E-state index is -4.43. The fraction of sp³-hybridized carbons (Fsp3) is 0.600. The van der Waals surface area contributed by atoms with E-state index in [1.807, 2.05) is 12.1 Å². The molecule has 1 N–H and O–H groups in total. The van der Waals surface area contributed by atoms with E-state index in [-0.39, 0.29) is 6.54 Å². The smallest absolute Gasteiger partial charge is 0.362 e. The normalized spacial score (nSPS) is 16.2. The number of amides is 1. The molecule has 0 aromatic carbocycles. The van der Waals surface area contributed by atoms with Crippen molar-refractivity contribution < 1.29 is 22.7 Å². The molecule has 1 aliphatic heterocycles. The molecule has 0 saturated carbocycles. The van der Waals surface area contributed by atoms with E-state index in [1.54, 1.807) is 6.20 Å². The molecule has 1 amide bonds. The molecule has 0 unspecified atom stereocenters. The quantitative estimate of drug-likeness (QED) is 0.834. The Morgan fingerprint density at radius 2 is 2.00 bits per heavy atom. The molecule has 6 nitrogen and oxygen atoms in total. The van der Waals surface area contributed by atoms with Crippen LogP contribution in [-0.4, -0.2) is 68.4 Å². The van der Waals surface area contributed by atoms with Crippen LogP contribution in [0.15, 0.2) is 18.3 Å². The second kappa shape index (κ2) is 8.29. The SMILES string of the molecule is CN1CCN(c2ccc(CNC(=O)COCC(F)(F)F)cn2)CC1. The Balaban J connectivity index is 1.72. The van der Waals surface area contributed by atoms with Gasteiger partial charge in [0.05, 0.1) is 0 Å². The molecule has 1 aliphatic rings. The Morgan fingerprint density at radius 3 is 2.58 bits per heavy atom. The Morgan fingerprint density at radius 1 is 1.29 bits per heavy atom. The van der Waals surface area contributed by atoms with Gasteiger partial charge in [0.2, 0.25) is 5.91 Å². The number of piperazine rings is 1. The topological polar surface area (TPSA) is 57.7 Å². The van der Waals surface area contributed by atoms with E-state index in [0.29, 0.717) is 0 Å². The predicted molar refractivity (Wildman–Crippen MR) is 82.7 cm³/mol. The highest BCUT2D eigenvalue weighted by molar-refractivity contribution is 5.77. The Kier molecular flexibility index (Phi) is 6.38. The first-order chi connectivity index (χ1) is 11.3. The van der Waals surface area contributed by atoms with Crippen LogP contribution < -0.4 is 10.2 Å². The molecule has 0 atom stereocenters. The number of likely N-dealkylation sites (N-methyl/N-ethyl adjacent to an activating group) is 1. The fourth-order valence-corrected chi connectivity index (χ4v) is 2.25. The van der Waals surface area contributed by atoms with Gasteiger partial charge in [-0.3, -0.25) is 4.79 Å². The summed E-state index contributed by atoms with van der Waals surface area (Å²) in [5.74, 6) is 0.286. The van der Waals surface area contributed by atoms with Gasteiger partial charge >= 0.3 is 6.18 Å². The molecule has 24 heavy (non-hydrogen) atoms. The van der Waals surface area contributed by atoms with Gasteiger partial charge in [0.1, 0.15) is 19.0 Å². The minimum absolute atomic E-state index is 0.199.